The number of nitrogen functional groups attached to an aromatic ring is 1. The van der Waals surface area contributed by atoms with Crippen LogP contribution in [0, 0.1) is 12.7 Å². The first-order chi connectivity index (χ1) is 8.45. The number of nitrogens with two attached hydrogens (primary N) is 1. The highest BCUT2D eigenvalue weighted by Crippen LogP contribution is 2.16. The Morgan fingerprint density at radius 2 is 2.11 bits per heavy atom. The Hall–Kier alpha value is -2.37. The molecule has 0 fully saturated rings. The molecule has 5 nitrogen and oxygen atoms in total. The monoisotopic (exact) mass is 248 g/mol. The van der Waals surface area contributed by atoms with Crippen molar-refractivity contribution in [3.05, 3.63) is 41.5 Å². The number of carbonyl (C=O) groups is 1. The van der Waals surface area contributed by atoms with Gasteiger partial charge < -0.3 is 11.1 Å². The second-order valence-electron chi connectivity index (χ2n) is 4.02. The number of carbonyl (C=O) groups excluding carboxylic acids is 1. The predicted molar refractivity (Wildman–Crippen MR) is 66.7 cm³/mol. The zero-order valence-corrected chi connectivity index (χ0v) is 10.1. The molecule has 18 heavy (non-hydrogen) atoms. The largest absolute Gasteiger partial charge is 0.399 e. The van der Waals surface area contributed by atoms with Crippen LogP contribution in [0.4, 0.5) is 15.8 Å². The van der Waals surface area contributed by atoms with Crippen LogP contribution >= 0.6 is 0 Å². The zero-order chi connectivity index (χ0) is 13.3. The molecule has 1 aromatic heterocycles. The number of aryl methyl sites for hydroxylation is 2. The molecule has 1 aromatic carbocycles. The molecule has 0 unspecified atom stereocenters. The van der Waals surface area contributed by atoms with Crippen molar-refractivity contribution >= 4 is 17.3 Å². The van der Waals surface area contributed by atoms with E-state index in [1.54, 1.807) is 20.0 Å². The van der Waals surface area contributed by atoms with Crippen molar-refractivity contribution in [1.29, 1.82) is 0 Å². The molecule has 6 heteroatoms. The van der Waals surface area contributed by atoms with Crippen molar-refractivity contribution in [3.63, 3.8) is 0 Å². The van der Waals surface area contributed by atoms with Crippen LogP contribution in [0.1, 0.15) is 16.2 Å². The molecule has 0 aliphatic carbocycles. The highest BCUT2D eigenvalue weighted by atomic mass is 19.1. The van der Waals surface area contributed by atoms with Crippen molar-refractivity contribution in [2.45, 2.75) is 6.92 Å². The van der Waals surface area contributed by atoms with Crippen LogP contribution in [0.15, 0.2) is 24.3 Å². The minimum atomic E-state index is -0.494. The molecule has 1 heterocycles. The second-order valence-corrected chi connectivity index (χ2v) is 4.02. The predicted octanol–water partition coefficient (Wildman–Crippen LogP) is 1.70. The van der Waals surface area contributed by atoms with Gasteiger partial charge in [-0.05, 0) is 31.2 Å². The van der Waals surface area contributed by atoms with Crippen molar-refractivity contribution in [1.82, 2.24) is 9.78 Å². The summed E-state index contributed by atoms with van der Waals surface area (Å²) in [5, 5.41) is 6.64. The quantitative estimate of drug-likeness (QED) is 0.794. The Bertz CT molecular complexity index is 586. The van der Waals surface area contributed by atoms with Gasteiger partial charge in [0.15, 0.2) is 0 Å². The highest BCUT2D eigenvalue weighted by molar-refractivity contribution is 6.03. The molecule has 3 N–H and O–H groups in total. The third-order valence-corrected chi connectivity index (χ3v) is 2.41. The van der Waals surface area contributed by atoms with Crippen LogP contribution < -0.4 is 11.1 Å². The summed E-state index contributed by atoms with van der Waals surface area (Å²) in [5.41, 5.74) is 7.21. The summed E-state index contributed by atoms with van der Waals surface area (Å²) >= 11 is 0. The molecule has 2 aromatic rings. The lowest BCUT2D eigenvalue weighted by Crippen LogP contribution is -2.16. The summed E-state index contributed by atoms with van der Waals surface area (Å²) < 4.78 is 14.6. The van der Waals surface area contributed by atoms with E-state index in [2.05, 4.69) is 10.4 Å². The van der Waals surface area contributed by atoms with E-state index in [0.717, 1.165) is 5.69 Å². The fourth-order valence-electron chi connectivity index (χ4n) is 1.70. The van der Waals surface area contributed by atoms with Crippen LogP contribution in [0.3, 0.4) is 0 Å². The van der Waals surface area contributed by atoms with E-state index < -0.39 is 5.82 Å². The van der Waals surface area contributed by atoms with Gasteiger partial charge in [0.2, 0.25) is 0 Å². The minimum Gasteiger partial charge on any atom is -0.399 e. The fraction of sp³-hybridized carbons (Fsp3) is 0.167. The number of anilines is 2. The number of halogens is 1. The van der Waals surface area contributed by atoms with Crippen molar-refractivity contribution in [2.24, 2.45) is 7.05 Å². The van der Waals surface area contributed by atoms with Crippen molar-refractivity contribution < 1.29 is 9.18 Å². The average molecular weight is 248 g/mol. The van der Waals surface area contributed by atoms with E-state index in [9.17, 15) is 9.18 Å². The summed E-state index contributed by atoms with van der Waals surface area (Å²) in [6, 6.07) is 5.53. The first-order valence-corrected chi connectivity index (χ1v) is 5.34. The van der Waals surface area contributed by atoms with Gasteiger partial charge in [-0.3, -0.25) is 9.48 Å². The SMILES string of the molecule is Cc1cc(C(=O)Nc2cc(N)cc(F)c2)n(C)n1. The average Bonchev–Trinajstić information content (AvgIpc) is 2.56. The second kappa shape index (κ2) is 4.48. The number of rotatable bonds is 2. The third-order valence-electron chi connectivity index (χ3n) is 2.41. The highest BCUT2D eigenvalue weighted by Gasteiger charge is 2.12. The van der Waals surface area contributed by atoms with Crippen LogP contribution in [-0.2, 0) is 7.05 Å². The first-order valence-electron chi connectivity index (χ1n) is 5.34. The van der Waals surface area contributed by atoms with E-state index in [1.165, 1.54) is 22.9 Å². The maximum atomic E-state index is 13.1. The molecule has 0 bridgehead atoms. The molecular weight excluding hydrogens is 235 g/mol. The van der Waals surface area contributed by atoms with Gasteiger partial charge in [-0.1, -0.05) is 0 Å². The lowest BCUT2D eigenvalue weighted by atomic mass is 10.2. The zero-order valence-electron chi connectivity index (χ0n) is 10.1. The van der Waals surface area contributed by atoms with Gasteiger partial charge in [-0.15, -0.1) is 0 Å². The Kier molecular flexibility index (Phi) is 3.01. The van der Waals surface area contributed by atoms with Gasteiger partial charge in [0, 0.05) is 18.4 Å². The Morgan fingerprint density at radius 1 is 1.39 bits per heavy atom. The standard InChI is InChI=1S/C12H13FN4O/c1-7-3-11(17(2)16-7)12(18)15-10-5-8(13)4-9(14)6-10/h3-6H,14H2,1-2H3,(H,15,18). The van der Waals surface area contributed by atoms with E-state index in [4.69, 9.17) is 5.73 Å². The minimum absolute atomic E-state index is 0.256. The normalized spacial score (nSPS) is 10.4. The van der Waals surface area contributed by atoms with Crippen molar-refractivity contribution in [2.75, 3.05) is 11.1 Å². The number of hydrogen-bond donors (Lipinski definition) is 2. The van der Waals surface area contributed by atoms with Gasteiger partial charge in [-0.25, -0.2) is 4.39 Å². The smallest absolute Gasteiger partial charge is 0.273 e. The number of amides is 1. The summed E-state index contributed by atoms with van der Waals surface area (Å²) in [4.78, 5) is 11.9. The summed E-state index contributed by atoms with van der Waals surface area (Å²) in [6.45, 7) is 1.79. The maximum absolute atomic E-state index is 13.1. The summed E-state index contributed by atoms with van der Waals surface area (Å²) in [7, 11) is 1.67. The van der Waals surface area contributed by atoms with Gasteiger partial charge >= 0.3 is 0 Å². The van der Waals surface area contributed by atoms with Gasteiger partial charge in [0.1, 0.15) is 11.5 Å². The molecule has 0 aliphatic rings. The Morgan fingerprint density at radius 3 is 2.67 bits per heavy atom. The molecule has 0 saturated heterocycles. The van der Waals surface area contributed by atoms with Crippen LogP contribution in [-0.4, -0.2) is 15.7 Å². The molecule has 2 rings (SSSR count). The van der Waals surface area contributed by atoms with E-state index in [1.807, 2.05) is 0 Å². The van der Waals surface area contributed by atoms with Gasteiger partial charge in [0.25, 0.3) is 5.91 Å². The van der Waals surface area contributed by atoms with Crippen LogP contribution in [0.5, 0.6) is 0 Å². The summed E-state index contributed by atoms with van der Waals surface area (Å²) in [6.07, 6.45) is 0. The molecule has 0 aliphatic heterocycles. The van der Waals surface area contributed by atoms with Gasteiger partial charge in [0.05, 0.1) is 5.69 Å². The molecule has 0 atom stereocenters. The lowest BCUT2D eigenvalue weighted by molar-refractivity contribution is 0.101. The topological polar surface area (TPSA) is 72.9 Å². The number of nitrogens with zero attached hydrogens (tertiary/aromatic N) is 2. The van der Waals surface area contributed by atoms with Crippen molar-refractivity contribution in [3.8, 4) is 0 Å². The van der Waals surface area contributed by atoms with Gasteiger partial charge in [-0.2, -0.15) is 5.10 Å². The lowest BCUT2D eigenvalue weighted by Gasteiger charge is -2.06. The first kappa shape index (κ1) is 12.1. The molecule has 94 valence electrons. The van der Waals surface area contributed by atoms with Crippen LogP contribution in [0.2, 0.25) is 0 Å². The number of benzene rings is 1. The number of aromatic nitrogens is 2. The Labute approximate surface area is 103 Å². The number of nitrogens with one attached hydrogen (secondary N) is 1. The molecular formula is C12H13FN4O. The third kappa shape index (κ3) is 2.48. The molecule has 0 spiro atoms. The molecule has 0 radical (unpaired) electrons. The Balaban J connectivity index is 2.23. The van der Waals surface area contributed by atoms with E-state index in [0.29, 0.717) is 11.4 Å². The number of hydrogen-bond acceptors (Lipinski definition) is 3. The molecule has 0 saturated carbocycles. The molecule has 1 amide bonds. The summed E-state index contributed by atoms with van der Waals surface area (Å²) in [5.74, 6) is -0.852. The fourth-order valence-corrected chi connectivity index (χ4v) is 1.70. The van der Waals surface area contributed by atoms with Crippen LogP contribution in [0.25, 0.3) is 0 Å². The van der Waals surface area contributed by atoms with E-state index in [-0.39, 0.29) is 11.6 Å². The van der Waals surface area contributed by atoms with E-state index >= 15 is 0 Å². The maximum Gasteiger partial charge on any atom is 0.273 e.